The van der Waals surface area contributed by atoms with Crippen molar-refractivity contribution in [2.45, 2.75) is 6.92 Å². The number of anilines is 2. The van der Waals surface area contributed by atoms with E-state index in [1.807, 2.05) is 37.3 Å². The van der Waals surface area contributed by atoms with Crippen LogP contribution in [0.5, 0.6) is 0 Å². The van der Waals surface area contributed by atoms with E-state index in [-0.39, 0.29) is 0 Å². The number of hydrogen-bond acceptors (Lipinski definition) is 3. The molecule has 0 bridgehead atoms. The van der Waals surface area contributed by atoms with Gasteiger partial charge >= 0.3 is 0 Å². The average molecular weight is 185 g/mol. The second-order valence-corrected chi connectivity index (χ2v) is 2.98. The highest BCUT2D eigenvalue weighted by atomic mass is 15.0. The summed E-state index contributed by atoms with van der Waals surface area (Å²) in [4.78, 5) is 8.36. The number of nitrogens with one attached hydrogen (secondary N) is 1. The highest BCUT2D eigenvalue weighted by molar-refractivity contribution is 5.57. The number of pyridine rings is 2. The summed E-state index contributed by atoms with van der Waals surface area (Å²) in [7, 11) is 0. The molecule has 0 radical (unpaired) electrons. The van der Waals surface area contributed by atoms with Crippen molar-refractivity contribution in [2.24, 2.45) is 0 Å². The lowest BCUT2D eigenvalue weighted by molar-refractivity contribution is 1.19. The van der Waals surface area contributed by atoms with Crippen molar-refractivity contribution in [2.75, 3.05) is 5.32 Å². The number of aryl methyl sites for hydroxylation is 1. The summed E-state index contributed by atoms with van der Waals surface area (Å²) in [6, 6.07) is 9.64. The van der Waals surface area contributed by atoms with Crippen LogP contribution in [-0.2, 0) is 0 Å². The second-order valence-electron chi connectivity index (χ2n) is 2.98. The maximum atomic E-state index is 4.19. The third-order valence-corrected chi connectivity index (χ3v) is 1.93. The zero-order chi connectivity index (χ0) is 9.80. The van der Waals surface area contributed by atoms with Gasteiger partial charge in [-0.15, -0.1) is 0 Å². The van der Waals surface area contributed by atoms with Crippen LogP contribution < -0.4 is 5.32 Å². The van der Waals surface area contributed by atoms with Crippen LogP contribution in [0.4, 0.5) is 11.5 Å². The number of aromatic nitrogens is 2. The maximum Gasteiger partial charge on any atom is 0.130 e. The van der Waals surface area contributed by atoms with E-state index in [0.717, 1.165) is 17.2 Å². The van der Waals surface area contributed by atoms with Gasteiger partial charge in [0, 0.05) is 12.4 Å². The van der Waals surface area contributed by atoms with Crippen LogP contribution in [0.2, 0.25) is 0 Å². The number of rotatable bonds is 2. The minimum Gasteiger partial charge on any atom is -0.339 e. The molecule has 0 saturated heterocycles. The van der Waals surface area contributed by atoms with Gasteiger partial charge in [-0.05, 0) is 31.2 Å². The highest BCUT2D eigenvalue weighted by Crippen LogP contribution is 2.15. The SMILES string of the molecule is Cc1ncccc1Nc1ccccn1. The quantitative estimate of drug-likeness (QED) is 0.781. The Bertz CT molecular complexity index is 412. The van der Waals surface area contributed by atoms with E-state index in [1.54, 1.807) is 12.4 Å². The van der Waals surface area contributed by atoms with E-state index >= 15 is 0 Å². The van der Waals surface area contributed by atoms with Gasteiger partial charge in [0.2, 0.25) is 0 Å². The van der Waals surface area contributed by atoms with Crippen molar-refractivity contribution in [1.82, 2.24) is 9.97 Å². The first-order valence-electron chi connectivity index (χ1n) is 4.46. The van der Waals surface area contributed by atoms with Crippen molar-refractivity contribution in [3.63, 3.8) is 0 Å². The van der Waals surface area contributed by atoms with Crippen LogP contribution in [0, 0.1) is 6.92 Å². The number of hydrogen-bond donors (Lipinski definition) is 1. The Hall–Kier alpha value is -1.90. The van der Waals surface area contributed by atoms with E-state index in [9.17, 15) is 0 Å². The predicted octanol–water partition coefficient (Wildman–Crippen LogP) is 2.53. The zero-order valence-corrected chi connectivity index (χ0v) is 7.94. The average Bonchev–Trinajstić information content (AvgIpc) is 2.23. The fourth-order valence-corrected chi connectivity index (χ4v) is 1.19. The van der Waals surface area contributed by atoms with Crippen LogP contribution in [0.1, 0.15) is 5.69 Å². The number of nitrogens with zero attached hydrogens (tertiary/aromatic N) is 2. The van der Waals surface area contributed by atoms with Crippen LogP contribution >= 0.6 is 0 Å². The summed E-state index contributed by atoms with van der Waals surface area (Å²) < 4.78 is 0. The van der Waals surface area contributed by atoms with Crippen molar-refractivity contribution in [3.05, 3.63) is 48.4 Å². The molecule has 0 aliphatic carbocycles. The van der Waals surface area contributed by atoms with E-state index in [1.165, 1.54) is 0 Å². The van der Waals surface area contributed by atoms with E-state index < -0.39 is 0 Å². The molecule has 2 aromatic heterocycles. The Morgan fingerprint density at radius 3 is 2.57 bits per heavy atom. The minimum atomic E-state index is 0.837. The van der Waals surface area contributed by atoms with Gasteiger partial charge in [-0.2, -0.15) is 0 Å². The Morgan fingerprint density at radius 2 is 1.86 bits per heavy atom. The summed E-state index contributed by atoms with van der Waals surface area (Å²) in [6.07, 6.45) is 3.53. The summed E-state index contributed by atoms with van der Waals surface area (Å²) >= 11 is 0. The molecule has 2 aromatic rings. The van der Waals surface area contributed by atoms with Crippen molar-refractivity contribution >= 4 is 11.5 Å². The van der Waals surface area contributed by atoms with Crippen molar-refractivity contribution < 1.29 is 0 Å². The van der Waals surface area contributed by atoms with Crippen LogP contribution in [0.25, 0.3) is 0 Å². The molecule has 0 aliphatic rings. The first kappa shape index (κ1) is 8.69. The Morgan fingerprint density at radius 1 is 1.00 bits per heavy atom. The topological polar surface area (TPSA) is 37.8 Å². The molecular weight excluding hydrogens is 174 g/mol. The molecule has 0 atom stereocenters. The molecule has 0 amide bonds. The standard InChI is InChI=1S/C11H11N3/c1-9-10(5-4-8-12-9)14-11-6-2-3-7-13-11/h2-8H,1H3,(H,13,14). The molecule has 3 nitrogen and oxygen atoms in total. The molecule has 1 N–H and O–H groups in total. The van der Waals surface area contributed by atoms with Crippen molar-refractivity contribution in [1.29, 1.82) is 0 Å². The Labute approximate surface area is 82.8 Å². The summed E-state index contributed by atoms with van der Waals surface area (Å²) in [5.41, 5.74) is 1.96. The predicted molar refractivity (Wildman–Crippen MR) is 56.5 cm³/mol. The van der Waals surface area contributed by atoms with Crippen LogP contribution in [0.3, 0.4) is 0 Å². The second kappa shape index (κ2) is 3.87. The lowest BCUT2D eigenvalue weighted by atomic mass is 10.3. The Kier molecular flexibility index (Phi) is 2.40. The normalized spacial score (nSPS) is 9.79. The van der Waals surface area contributed by atoms with Crippen molar-refractivity contribution in [3.8, 4) is 0 Å². The molecule has 70 valence electrons. The third kappa shape index (κ3) is 1.88. The van der Waals surface area contributed by atoms with Gasteiger partial charge in [-0.25, -0.2) is 4.98 Å². The van der Waals surface area contributed by atoms with Crippen LogP contribution in [-0.4, -0.2) is 9.97 Å². The smallest absolute Gasteiger partial charge is 0.130 e. The lowest BCUT2D eigenvalue weighted by Gasteiger charge is -2.06. The van der Waals surface area contributed by atoms with Gasteiger partial charge in [-0.3, -0.25) is 4.98 Å². The van der Waals surface area contributed by atoms with Gasteiger partial charge in [0.05, 0.1) is 11.4 Å². The molecule has 3 heteroatoms. The summed E-state index contributed by atoms with van der Waals surface area (Å²) in [5.74, 6) is 0.837. The fraction of sp³-hybridized carbons (Fsp3) is 0.0909. The molecule has 0 aliphatic heterocycles. The minimum absolute atomic E-state index is 0.837. The molecule has 2 rings (SSSR count). The fourth-order valence-electron chi connectivity index (χ4n) is 1.19. The molecule has 0 unspecified atom stereocenters. The first-order valence-corrected chi connectivity index (χ1v) is 4.46. The zero-order valence-electron chi connectivity index (χ0n) is 7.94. The largest absolute Gasteiger partial charge is 0.339 e. The van der Waals surface area contributed by atoms with E-state index in [2.05, 4.69) is 15.3 Å². The van der Waals surface area contributed by atoms with E-state index in [0.29, 0.717) is 0 Å². The van der Waals surface area contributed by atoms with Gasteiger partial charge in [0.15, 0.2) is 0 Å². The molecule has 2 heterocycles. The molecule has 0 fully saturated rings. The van der Waals surface area contributed by atoms with Gasteiger partial charge in [0.25, 0.3) is 0 Å². The summed E-state index contributed by atoms with van der Waals surface area (Å²) in [5, 5.41) is 3.20. The van der Waals surface area contributed by atoms with Gasteiger partial charge in [-0.1, -0.05) is 6.07 Å². The Balaban J connectivity index is 2.24. The molecular formula is C11H11N3. The maximum absolute atomic E-state index is 4.19. The third-order valence-electron chi connectivity index (χ3n) is 1.93. The van der Waals surface area contributed by atoms with E-state index in [4.69, 9.17) is 0 Å². The molecule has 0 aromatic carbocycles. The van der Waals surface area contributed by atoms with Gasteiger partial charge in [0.1, 0.15) is 5.82 Å². The first-order chi connectivity index (χ1) is 6.86. The van der Waals surface area contributed by atoms with Crippen LogP contribution in [0.15, 0.2) is 42.7 Å². The summed E-state index contributed by atoms with van der Waals surface area (Å²) in [6.45, 7) is 1.96. The lowest BCUT2D eigenvalue weighted by Crippen LogP contribution is -1.95. The molecule has 14 heavy (non-hydrogen) atoms. The molecule has 0 saturated carbocycles. The highest BCUT2D eigenvalue weighted by Gasteiger charge is 1.97. The van der Waals surface area contributed by atoms with Gasteiger partial charge < -0.3 is 5.32 Å². The monoisotopic (exact) mass is 185 g/mol. The molecule has 0 spiro atoms.